The van der Waals surface area contributed by atoms with Gasteiger partial charge in [0, 0.05) is 5.75 Å². The molecule has 15 heavy (non-hydrogen) atoms. The Morgan fingerprint density at radius 1 is 1.53 bits per heavy atom. The van der Waals surface area contributed by atoms with E-state index in [2.05, 4.69) is 0 Å². The normalized spacial score (nSPS) is 12.1. The third-order valence-corrected chi connectivity index (χ3v) is 2.63. The van der Waals surface area contributed by atoms with Gasteiger partial charge in [0.15, 0.2) is 0 Å². The average molecular weight is 235 g/mol. The number of hydrogen-bond donors (Lipinski definition) is 2. The minimum absolute atomic E-state index is 0.157. The largest absolute Gasteiger partial charge is 0.480 e. The molecule has 0 aliphatic heterocycles. The Balaban J connectivity index is 3.42. The maximum Gasteiger partial charge on any atom is 0.321 e. The highest BCUT2D eigenvalue weighted by atomic mass is 32.2. The second-order valence-electron chi connectivity index (χ2n) is 3.03. The summed E-state index contributed by atoms with van der Waals surface area (Å²) < 4.78 is 4.88. The summed E-state index contributed by atoms with van der Waals surface area (Å²) in [5, 5.41) is 8.47. The Morgan fingerprint density at radius 3 is 2.73 bits per heavy atom. The quantitative estimate of drug-likeness (QED) is 0.469. The monoisotopic (exact) mass is 235 g/mol. The second kappa shape index (κ2) is 8.55. The lowest BCUT2D eigenvalue weighted by atomic mass is 10.4. The predicted octanol–water partition coefficient (Wildman–Crippen LogP) is 0.475. The Morgan fingerprint density at radius 2 is 2.20 bits per heavy atom. The van der Waals surface area contributed by atoms with E-state index in [1.807, 2.05) is 6.92 Å². The van der Waals surface area contributed by atoms with Crippen molar-refractivity contribution in [2.75, 3.05) is 18.1 Å². The summed E-state index contributed by atoms with van der Waals surface area (Å²) in [5.74, 6) is -0.990. The van der Waals surface area contributed by atoms with Crippen LogP contribution < -0.4 is 5.73 Å². The van der Waals surface area contributed by atoms with Gasteiger partial charge in [-0.2, -0.15) is 0 Å². The van der Waals surface area contributed by atoms with Gasteiger partial charge in [0.1, 0.15) is 6.04 Å². The molecule has 0 radical (unpaired) electrons. The molecule has 0 fully saturated rings. The number of thioether (sulfide) groups is 1. The molecule has 0 bridgehead atoms. The molecule has 0 unspecified atom stereocenters. The van der Waals surface area contributed by atoms with Gasteiger partial charge in [-0.15, -0.1) is 11.8 Å². The Bertz CT molecular complexity index is 210. The number of carboxylic acid groups (broad SMARTS) is 1. The zero-order valence-corrected chi connectivity index (χ0v) is 9.59. The fraction of sp³-hybridized carbons (Fsp3) is 0.778. The molecular formula is C9H17NO4S. The maximum atomic E-state index is 11.0. The molecule has 0 aliphatic rings. The topological polar surface area (TPSA) is 89.6 Å². The SMILES string of the molecule is CCCCOC(=O)CSC[C@H](N)C(=O)O. The lowest BCUT2D eigenvalue weighted by Crippen LogP contribution is -2.32. The summed E-state index contributed by atoms with van der Waals surface area (Å²) in [5.41, 5.74) is 5.25. The molecular weight excluding hydrogens is 218 g/mol. The molecule has 0 aromatic carbocycles. The number of carbonyl (C=O) groups is 2. The van der Waals surface area contributed by atoms with Crippen LogP contribution in [0.4, 0.5) is 0 Å². The molecule has 0 heterocycles. The van der Waals surface area contributed by atoms with Gasteiger partial charge in [0.25, 0.3) is 0 Å². The van der Waals surface area contributed by atoms with Crippen LogP contribution in [-0.2, 0) is 14.3 Å². The van der Waals surface area contributed by atoms with Gasteiger partial charge < -0.3 is 15.6 Å². The highest BCUT2D eigenvalue weighted by molar-refractivity contribution is 8.00. The Kier molecular flexibility index (Phi) is 8.12. The Labute approximate surface area is 93.4 Å². The highest BCUT2D eigenvalue weighted by Crippen LogP contribution is 2.03. The summed E-state index contributed by atoms with van der Waals surface area (Å²) in [6.45, 7) is 2.44. The van der Waals surface area contributed by atoms with Gasteiger partial charge >= 0.3 is 11.9 Å². The fourth-order valence-electron chi connectivity index (χ4n) is 0.713. The van der Waals surface area contributed by atoms with E-state index in [1.54, 1.807) is 0 Å². The van der Waals surface area contributed by atoms with Gasteiger partial charge in [-0.1, -0.05) is 13.3 Å². The minimum atomic E-state index is -1.05. The van der Waals surface area contributed by atoms with Crippen LogP contribution in [0.25, 0.3) is 0 Å². The molecule has 0 rings (SSSR count). The van der Waals surface area contributed by atoms with Crippen molar-refractivity contribution in [1.29, 1.82) is 0 Å². The van der Waals surface area contributed by atoms with Crippen LogP contribution in [-0.4, -0.2) is 41.2 Å². The highest BCUT2D eigenvalue weighted by Gasteiger charge is 2.12. The molecule has 0 saturated heterocycles. The van der Waals surface area contributed by atoms with E-state index in [1.165, 1.54) is 11.8 Å². The first kappa shape index (κ1) is 14.2. The van der Waals surface area contributed by atoms with E-state index in [0.717, 1.165) is 12.8 Å². The second-order valence-corrected chi connectivity index (χ2v) is 4.06. The average Bonchev–Trinajstić information content (AvgIpc) is 2.18. The maximum absolute atomic E-state index is 11.0. The number of esters is 1. The summed E-state index contributed by atoms with van der Waals surface area (Å²) in [7, 11) is 0. The molecule has 0 saturated carbocycles. The lowest BCUT2D eigenvalue weighted by Gasteiger charge is -2.06. The van der Waals surface area contributed by atoms with Crippen molar-refractivity contribution in [2.45, 2.75) is 25.8 Å². The number of nitrogens with two attached hydrogens (primary N) is 1. The number of carboxylic acids is 1. The van der Waals surface area contributed by atoms with Crippen molar-refractivity contribution in [1.82, 2.24) is 0 Å². The number of unbranched alkanes of at least 4 members (excludes halogenated alkanes) is 1. The molecule has 0 aromatic rings. The molecule has 0 spiro atoms. The number of ether oxygens (including phenoxy) is 1. The first-order chi connectivity index (χ1) is 7.07. The third-order valence-electron chi connectivity index (χ3n) is 1.60. The molecule has 0 aliphatic carbocycles. The van der Waals surface area contributed by atoms with E-state index in [4.69, 9.17) is 15.6 Å². The minimum Gasteiger partial charge on any atom is -0.480 e. The van der Waals surface area contributed by atoms with Crippen LogP contribution in [0.15, 0.2) is 0 Å². The number of hydrogen-bond acceptors (Lipinski definition) is 5. The van der Waals surface area contributed by atoms with Crippen LogP contribution in [0.2, 0.25) is 0 Å². The first-order valence-corrected chi connectivity index (χ1v) is 5.95. The summed E-state index contributed by atoms with van der Waals surface area (Å²) >= 11 is 1.18. The van der Waals surface area contributed by atoms with Crippen molar-refractivity contribution >= 4 is 23.7 Å². The molecule has 88 valence electrons. The number of aliphatic carboxylic acids is 1. The van der Waals surface area contributed by atoms with Crippen LogP contribution >= 0.6 is 11.8 Å². The van der Waals surface area contributed by atoms with Crippen molar-refractivity contribution in [2.24, 2.45) is 5.73 Å². The lowest BCUT2D eigenvalue weighted by molar-refractivity contribution is -0.141. The summed E-state index contributed by atoms with van der Waals surface area (Å²) in [6.07, 6.45) is 1.83. The van der Waals surface area contributed by atoms with Crippen LogP contribution in [0.1, 0.15) is 19.8 Å². The van der Waals surface area contributed by atoms with E-state index in [-0.39, 0.29) is 17.5 Å². The van der Waals surface area contributed by atoms with Crippen molar-refractivity contribution in [3.8, 4) is 0 Å². The fourth-order valence-corrected chi connectivity index (χ4v) is 1.48. The Hall–Kier alpha value is -0.750. The van der Waals surface area contributed by atoms with E-state index in [0.29, 0.717) is 6.61 Å². The van der Waals surface area contributed by atoms with Gasteiger partial charge in [-0.05, 0) is 6.42 Å². The predicted molar refractivity (Wildman–Crippen MR) is 58.8 cm³/mol. The molecule has 0 aromatic heterocycles. The summed E-state index contributed by atoms with van der Waals surface area (Å²) in [6, 6.07) is -0.918. The summed E-state index contributed by atoms with van der Waals surface area (Å²) in [4.78, 5) is 21.4. The molecule has 6 heteroatoms. The van der Waals surface area contributed by atoms with E-state index in [9.17, 15) is 9.59 Å². The van der Waals surface area contributed by atoms with Gasteiger partial charge in [0.05, 0.1) is 12.4 Å². The number of rotatable bonds is 8. The molecule has 0 amide bonds. The zero-order chi connectivity index (χ0) is 11.7. The van der Waals surface area contributed by atoms with Crippen LogP contribution in [0.3, 0.4) is 0 Å². The van der Waals surface area contributed by atoms with Gasteiger partial charge in [-0.3, -0.25) is 9.59 Å². The van der Waals surface area contributed by atoms with Crippen molar-refractivity contribution < 1.29 is 19.4 Å². The van der Waals surface area contributed by atoms with Gasteiger partial charge in [0.2, 0.25) is 0 Å². The van der Waals surface area contributed by atoms with Crippen LogP contribution in [0.5, 0.6) is 0 Å². The van der Waals surface area contributed by atoms with Crippen molar-refractivity contribution in [3.63, 3.8) is 0 Å². The molecule has 5 nitrogen and oxygen atoms in total. The first-order valence-electron chi connectivity index (χ1n) is 4.79. The van der Waals surface area contributed by atoms with E-state index >= 15 is 0 Å². The smallest absolute Gasteiger partial charge is 0.321 e. The molecule has 1 atom stereocenters. The number of carbonyl (C=O) groups excluding carboxylic acids is 1. The van der Waals surface area contributed by atoms with Crippen molar-refractivity contribution in [3.05, 3.63) is 0 Å². The standard InChI is InChI=1S/C9H17NO4S/c1-2-3-4-14-8(11)6-15-5-7(10)9(12)13/h7H,2-6,10H2,1H3,(H,12,13)/t7-/m0/s1. The van der Waals surface area contributed by atoms with E-state index < -0.39 is 12.0 Å². The van der Waals surface area contributed by atoms with Crippen LogP contribution in [0, 0.1) is 0 Å². The molecule has 3 N–H and O–H groups in total. The van der Waals surface area contributed by atoms with Gasteiger partial charge in [-0.25, -0.2) is 0 Å². The third kappa shape index (κ3) is 8.26. The zero-order valence-electron chi connectivity index (χ0n) is 8.77.